The second-order valence-corrected chi connectivity index (χ2v) is 4.42. The molecule has 5 nitrogen and oxygen atoms in total. The number of ether oxygens (including phenoxy) is 4. The van der Waals surface area contributed by atoms with E-state index in [-0.39, 0.29) is 0 Å². The van der Waals surface area contributed by atoms with Gasteiger partial charge in [0.25, 0.3) is 0 Å². The van der Waals surface area contributed by atoms with Gasteiger partial charge in [0.2, 0.25) is 0 Å². The average Bonchev–Trinajstić information content (AvgIpc) is 2.47. The van der Waals surface area contributed by atoms with Crippen LogP contribution in [0.5, 0.6) is 0 Å². The van der Waals surface area contributed by atoms with Crippen molar-refractivity contribution < 1.29 is 18.9 Å². The van der Waals surface area contributed by atoms with Crippen LogP contribution < -0.4 is 0 Å². The fourth-order valence-corrected chi connectivity index (χ4v) is 1.42. The van der Waals surface area contributed by atoms with Gasteiger partial charge in [-0.1, -0.05) is 13.3 Å². The maximum absolute atomic E-state index is 8.35. The molecule has 118 valence electrons. The normalized spacial score (nSPS) is 10.6. The first kappa shape index (κ1) is 19.3. The Balaban J connectivity index is 2.91. The van der Waals surface area contributed by atoms with Gasteiger partial charge >= 0.3 is 0 Å². The molecule has 0 aliphatic rings. The number of nitrogens with zero attached hydrogens (tertiary/aromatic N) is 1. The standard InChI is InChI=1S/C15H29NO4/c1-2-3-8-17-10-12-19-14-15-20-13-11-18-9-6-4-5-7-16/h2-6,8-15H2,1H3. The van der Waals surface area contributed by atoms with Crippen molar-refractivity contribution in [3.63, 3.8) is 0 Å². The third kappa shape index (κ3) is 17.3. The van der Waals surface area contributed by atoms with Crippen molar-refractivity contribution in [3.05, 3.63) is 0 Å². The van der Waals surface area contributed by atoms with Crippen LogP contribution in [0, 0.1) is 11.3 Å². The number of hydrogen-bond acceptors (Lipinski definition) is 5. The van der Waals surface area contributed by atoms with E-state index in [9.17, 15) is 0 Å². The van der Waals surface area contributed by atoms with E-state index in [0.29, 0.717) is 52.7 Å². The van der Waals surface area contributed by atoms with E-state index in [1.165, 1.54) is 0 Å². The SMILES string of the molecule is CCCCOCCOCCOCCOCCCCC#N. The average molecular weight is 287 g/mol. The summed E-state index contributed by atoms with van der Waals surface area (Å²) in [6.07, 6.45) is 4.73. The molecule has 0 rings (SSSR count). The lowest BCUT2D eigenvalue weighted by Crippen LogP contribution is -2.12. The molecule has 0 radical (unpaired) electrons. The quantitative estimate of drug-likeness (QED) is 0.408. The van der Waals surface area contributed by atoms with E-state index in [4.69, 9.17) is 24.2 Å². The molecule has 0 aromatic heterocycles. The van der Waals surface area contributed by atoms with E-state index >= 15 is 0 Å². The predicted octanol–water partition coefficient (Wildman–Crippen LogP) is 2.55. The minimum atomic E-state index is 0.590. The maximum Gasteiger partial charge on any atom is 0.0701 e. The summed E-state index contributed by atoms with van der Waals surface area (Å²) in [4.78, 5) is 0. The number of rotatable bonds is 16. The molecular formula is C15H29NO4. The fraction of sp³-hybridized carbons (Fsp3) is 0.933. The first-order valence-electron chi connectivity index (χ1n) is 7.59. The molecule has 0 aliphatic carbocycles. The molecule has 0 N–H and O–H groups in total. The lowest BCUT2D eigenvalue weighted by Gasteiger charge is -2.07. The third-order valence-corrected chi connectivity index (χ3v) is 2.59. The lowest BCUT2D eigenvalue weighted by atomic mass is 10.3. The van der Waals surface area contributed by atoms with Crippen molar-refractivity contribution in [2.75, 3.05) is 52.9 Å². The Labute approximate surface area is 123 Å². The largest absolute Gasteiger partial charge is 0.379 e. The Morgan fingerprint density at radius 1 is 0.650 bits per heavy atom. The van der Waals surface area contributed by atoms with E-state index in [2.05, 4.69) is 13.0 Å². The minimum absolute atomic E-state index is 0.590. The Kier molecular flexibility index (Phi) is 17.7. The van der Waals surface area contributed by atoms with Crippen LogP contribution in [0.3, 0.4) is 0 Å². The molecule has 0 bridgehead atoms. The monoisotopic (exact) mass is 287 g/mol. The zero-order chi connectivity index (χ0) is 14.7. The minimum Gasteiger partial charge on any atom is -0.379 e. The van der Waals surface area contributed by atoms with Crippen LogP contribution in [0.2, 0.25) is 0 Å². The van der Waals surface area contributed by atoms with E-state index in [1.807, 2.05) is 0 Å². The van der Waals surface area contributed by atoms with Gasteiger partial charge in [0.15, 0.2) is 0 Å². The highest BCUT2D eigenvalue weighted by Crippen LogP contribution is 1.94. The summed E-state index contributed by atoms with van der Waals surface area (Å²) >= 11 is 0. The Morgan fingerprint density at radius 3 is 1.55 bits per heavy atom. The van der Waals surface area contributed by atoms with Crippen LogP contribution in [-0.2, 0) is 18.9 Å². The molecule has 0 saturated heterocycles. The van der Waals surface area contributed by atoms with Gasteiger partial charge in [0.1, 0.15) is 0 Å². The van der Waals surface area contributed by atoms with Gasteiger partial charge < -0.3 is 18.9 Å². The number of hydrogen-bond donors (Lipinski definition) is 0. The van der Waals surface area contributed by atoms with Crippen molar-refractivity contribution in [2.24, 2.45) is 0 Å². The Bertz CT molecular complexity index is 218. The predicted molar refractivity (Wildman–Crippen MR) is 77.6 cm³/mol. The van der Waals surface area contributed by atoms with E-state index < -0.39 is 0 Å². The molecule has 5 heteroatoms. The van der Waals surface area contributed by atoms with Gasteiger partial charge in [-0.15, -0.1) is 0 Å². The van der Waals surface area contributed by atoms with Gasteiger partial charge in [-0.2, -0.15) is 5.26 Å². The molecule has 0 heterocycles. The number of nitriles is 1. The molecule has 0 fully saturated rings. The van der Waals surface area contributed by atoms with Crippen LogP contribution in [0.1, 0.15) is 39.0 Å². The molecule has 0 saturated carbocycles. The molecule has 0 amide bonds. The van der Waals surface area contributed by atoms with Crippen molar-refractivity contribution >= 4 is 0 Å². The fourth-order valence-electron chi connectivity index (χ4n) is 1.42. The second-order valence-electron chi connectivity index (χ2n) is 4.42. The Morgan fingerprint density at radius 2 is 1.10 bits per heavy atom. The van der Waals surface area contributed by atoms with Crippen LogP contribution in [0.25, 0.3) is 0 Å². The van der Waals surface area contributed by atoms with Crippen molar-refractivity contribution in [1.29, 1.82) is 5.26 Å². The van der Waals surface area contributed by atoms with E-state index in [0.717, 1.165) is 32.3 Å². The second kappa shape index (κ2) is 18.3. The Hall–Kier alpha value is -0.670. The smallest absolute Gasteiger partial charge is 0.0701 e. The number of unbranched alkanes of at least 4 members (excludes halogenated alkanes) is 3. The summed E-state index contributed by atoms with van der Waals surface area (Å²) in [7, 11) is 0. The zero-order valence-electron chi connectivity index (χ0n) is 12.8. The van der Waals surface area contributed by atoms with Crippen LogP contribution in [0.4, 0.5) is 0 Å². The highest BCUT2D eigenvalue weighted by atomic mass is 16.6. The molecule has 0 aromatic carbocycles. The van der Waals surface area contributed by atoms with Crippen molar-refractivity contribution in [1.82, 2.24) is 0 Å². The zero-order valence-corrected chi connectivity index (χ0v) is 12.8. The maximum atomic E-state index is 8.35. The van der Waals surface area contributed by atoms with Gasteiger partial charge in [0.05, 0.1) is 45.7 Å². The van der Waals surface area contributed by atoms with Gasteiger partial charge in [-0.25, -0.2) is 0 Å². The summed E-state index contributed by atoms with van der Waals surface area (Å²) in [5.74, 6) is 0. The summed E-state index contributed by atoms with van der Waals surface area (Å²) in [6.45, 7) is 7.34. The topological polar surface area (TPSA) is 60.7 Å². The summed E-state index contributed by atoms with van der Waals surface area (Å²) in [5, 5.41) is 8.35. The van der Waals surface area contributed by atoms with Crippen LogP contribution >= 0.6 is 0 Å². The molecular weight excluding hydrogens is 258 g/mol. The summed E-state index contributed by atoms with van der Waals surface area (Å²) in [6, 6.07) is 2.11. The first-order valence-corrected chi connectivity index (χ1v) is 7.59. The van der Waals surface area contributed by atoms with Crippen LogP contribution in [0.15, 0.2) is 0 Å². The molecule has 0 aliphatic heterocycles. The molecule has 0 atom stereocenters. The van der Waals surface area contributed by atoms with Crippen molar-refractivity contribution in [2.45, 2.75) is 39.0 Å². The van der Waals surface area contributed by atoms with Gasteiger partial charge in [-0.05, 0) is 19.3 Å². The molecule has 20 heavy (non-hydrogen) atoms. The summed E-state index contributed by atoms with van der Waals surface area (Å²) in [5.41, 5.74) is 0. The lowest BCUT2D eigenvalue weighted by molar-refractivity contribution is -0.00232. The molecule has 0 aromatic rings. The van der Waals surface area contributed by atoms with Crippen LogP contribution in [-0.4, -0.2) is 52.9 Å². The molecule has 0 unspecified atom stereocenters. The molecule has 0 spiro atoms. The highest BCUT2D eigenvalue weighted by molar-refractivity contribution is 4.67. The highest BCUT2D eigenvalue weighted by Gasteiger charge is 1.93. The van der Waals surface area contributed by atoms with E-state index in [1.54, 1.807) is 0 Å². The van der Waals surface area contributed by atoms with Gasteiger partial charge in [-0.3, -0.25) is 0 Å². The first-order chi connectivity index (χ1) is 9.91. The van der Waals surface area contributed by atoms with Gasteiger partial charge in [0, 0.05) is 19.6 Å². The van der Waals surface area contributed by atoms with Crippen molar-refractivity contribution in [3.8, 4) is 6.07 Å². The summed E-state index contributed by atoms with van der Waals surface area (Å²) < 4.78 is 21.5. The third-order valence-electron chi connectivity index (χ3n) is 2.59.